The van der Waals surface area contributed by atoms with Crippen LogP contribution in [0.1, 0.15) is 29.8 Å². The second kappa shape index (κ2) is 5.78. The zero-order chi connectivity index (χ0) is 16.5. The first-order chi connectivity index (χ1) is 11.8. The highest BCUT2D eigenvalue weighted by Crippen LogP contribution is 2.27. The Morgan fingerprint density at radius 3 is 2.79 bits per heavy atom. The van der Waals surface area contributed by atoms with Gasteiger partial charge in [0.25, 0.3) is 5.56 Å². The molecule has 0 aliphatic carbocycles. The van der Waals surface area contributed by atoms with Crippen LogP contribution in [0.5, 0.6) is 0 Å². The molecule has 0 unspecified atom stereocenters. The van der Waals surface area contributed by atoms with Gasteiger partial charge in [-0.15, -0.1) is 0 Å². The molecule has 116 valence electrons. The normalized spacial score (nSPS) is 15.2. The van der Waals surface area contributed by atoms with Crippen molar-refractivity contribution in [1.29, 1.82) is 5.26 Å². The quantitative estimate of drug-likeness (QED) is 0.689. The van der Waals surface area contributed by atoms with Crippen molar-refractivity contribution in [2.45, 2.75) is 19.4 Å². The van der Waals surface area contributed by atoms with Crippen LogP contribution in [0.3, 0.4) is 0 Å². The maximum atomic E-state index is 12.8. The summed E-state index contributed by atoms with van der Waals surface area (Å²) in [5.74, 6) is 0.720. The number of aromatic nitrogens is 2. The van der Waals surface area contributed by atoms with Gasteiger partial charge in [-0.3, -0.25) is 9.36 Å². The van der Waals surface area contributed by atoms with Crippen LogP contribution in [0.4, 0.5) is 0 Å². The Kier molecular flexibility index (Phi) is 3.47. The third-order valence-electron chi connectivity index (χ3n) is 4.34. The predicted octanol–water partition coefficient (Wildman–Crippen LogP) is 3.60. The van der Waals surface area contributed by atoms with Gasteiger partial charge in [0.05, 0.1) is 22.5 Å². The Balaban J connectivity index is 1.95. The standard InChI is InChI=1S/C20H15N3O/c21-13-15-8-9-17-18(12-15)22-19-16(7-4-10-23(19)20(17)24)11-14-5-2-1-3-6-14/h1-3,5-6,8-9,11-12H,4,7,10H2. The fourth-order valence-electron chi connectivity index (χ4n) is 3.17. The van der Waals surface area contributed by atoms with E-state index in [0.717, 1.165) is 29.8 Å². The van der Waals surface area contributed by atoms with Gasteiger partial charge in [-0.05, 0) is 48.3 Å². The van der Waals surface area contributed by atoms with E-state index in [9.17, 15) is 4.79 Å². The molecule has 0 saturated heterocycles. The van der Waals surface area contributed by atoms with Crippen LogP contribution in [0.25, 0.3) is 22.6 Å². The number of nitrogens with zero attached hydrogens (tertiary/aromatic N) is 3. The molecule has 2 aromatic carbocycles. The highest BCUT2D eigenvalue weighted by Gasteiger charge is 2.19. The summed E-state index contributed by atoms with van der Waals surface area (Å²) >= 11 is 0. The van der Waals surface area contributed by atoms with Crippen molar-refractivity contribution in [3.8, 4) is 6.07 Å². The maximum Gasteiger partial charge on any atom is 0.261 e. The lowest BCUT2D eigenvalue weighted by Crippen LogP contribution is -2.27. The minimum Gasteiger partial charge on any atom is -0.292 e. The van der Waals surface area contributed by atoms with Crippen molar-refractivity contribution in [2.75, 3.05) is 0 Å². The first-order valence-corrected chi connectivity index (χ1v) is 7.97. The molecule has 2 heterocycles. The summed E-state index contributed by atoms with van der Waals surface area (Å²) < 4.78 is 1.76. The number of rotatable bonds is 1. The molecular weight excluding hydrogens is 298 g/mol. The third-order valence-corrected chi connectivity index (χ3v) is 4.34. The van der Waals surface area contributed by atoms with Gasteiger partial charge in [0.2, 0.25) is 0 Å². The Morgan fingerprint density at radius 2 is 2.00 bits per heavy atom. The van der Waals surface area contributed by atoms with Crippen molar-refractivity contribution in [1.82, 2.24) is 9.55 Å². The van der Waals surface area contributed by atoms with Gasteiger partial charge < -0.3 is 0 Å². The van der Waals surface area contributed by atoms with E-state index in [1.807, 2.05) is 30.3 Å². The second-order valence-electron chi connectivity index (χ2n) is 5.92. The molecule has 4 rings (SSSR count). The summed E-state index contributed by atoms with van der Waals surface area (Å²) in [7, 11) is 0. The fourth-order valence-corrected chi connectivity index (χ4v) is 3.17. The first kappa shape index (κ1) is 14.4. The number of allylic oxidation sites excluding steroid dienone is 1. The molecular formula is C20H15N3O. The molecule has 0 radical (unpaired) electrons. The average molecular weight is 313 g/mol. The highest BCUT2D eigenvalue weighted by atomic mass is 16.1. The van der Waals surface area contributed by atoms with Gasteiger partial charge in [0.1, 0.15) is 5.82 Å². The van der Waals surface area contributed by atoms with Gasteiger partial charge in [-0.1, -0.05) is 30.3 Å². The van der Waals surface area contributed by atoms with Crippen LogP contribution in [0, 0.1) is 11.3 Å². The van der Waals surface area contributed by atoms with Crippen molar-refractivity contribution in [2.24, 2.45) is 0 Å². The molecule has 24 heavy (non-hydrogen) atoms. The average Bonchev–Trinajstić information content (AvgIpc) is 2.63. The van der Waals surface area contributed by atoms with E-state index in [2.05, 4.69) is 12.1 Å². The van der Waals surface area contributed by atoms with Gasteiger partial charge in [0, 0.05) is 6.54 Å². The minimum atomic E-state index is -0.0295. The lowest BCUT2D eigenvalue weighted by atomic mass is 10.0. The number of benzene rings is 2. The summed E-state index contributed by atoms with van der Waals surface area (Å²) in [6.45, 7) is 0.684. The van der Waals surface area contributed by atoms with Crippen LogP contribution >= 0.6 is 0 Å². The van der Waals surface area contributed by atoms with E-state index < -0.39 is 0 Å². The van der Waals surface area contributed by atoms with E-state index in [0.29, 0.717) is 23.0 Å². The minimum absolute atomic E-state index is 0.0295. The summed E-state index contributed by atoms with van der Waals surface area (Å²) in [6, 6.07) is 17.2. The van der Waals surface area contributed by atoms with Crippen LogP contribution in [0.15, 0.2) is 53.3 Å². The van der Waals surface area contributed by atoms with Crippen LogP contribution < -0.4 is 5.56 Å². The third kappa shape index (κ3) is 2.40. The van der Waals surface area contributed by atoms with Crippen LogP contribution in [-0.2, 0) is 6.54 Å². The van der Waals surface area contributed by atoms with Gasteiger partial charge >= 0.3 is 0 Å². The summed E-state index contributed by atoms with van der Waals surface area (Å²) in [5, 5.41) is 9.65. The summed E-state index contributed by atoms with van der Waals surface area (Å²) in [4.78, 5) is 17.5. The lowest BCUT2D eigenvalue weighted by molar-refractivity contribution is 0.587. The molecule has 4 nitrogen and oxygen atoms in total. The molecule has 0 saturated carbocycles. The second-order valence-corrected chi connectivity index (χ2v) is 5.92. The van der Waals surface area contributed by atoms with E-state index >= 15 is 0 Å². The molecule has 0 N–H and O–H groups in total. The maximum absolute atomic E-state index is 12.8. The molecule has 1 aliphatic heterocycles. The van der Waals surface area contributed by atoms with Crippen molar-refractivity contribution < 1.29 is 0 Å². The summed E-state index contributed by atoms with van der Waals surface area (Å²) in [6.07, 6.45) is 3.91. The van der Waals surface area contributed by atoms with Gasteiger partial charge in [0.15, 0.2) is 0 Å². The summed E-state index contributed by atoms with van der Waals surface area (Å²) in [5.41, 5.74) is 3.24. The van der Waals surface area contributed by atoms with Crippen LogP contribution in [-0.4, -0.2) is 9.55 Å². The molecule has 1 aromatic heterocycles. The first-order valence-electron chi connectivity index (χ1n) is 7.97. The lowest BCUT2D eigenvalue weighted by Gasteiger charge is -2.21. The molecule has 0 amide bonds. The zero-order valence-corrected chi connectivity index (χ0v) is 13.1. The topological polar surface area (TPSA) is 58.7 Å². The fraction of sp³-hybridized carbons (Fsp3) is 0.150. The Bertz CT molecular complexity index is 1060. The van der Waals surface area contributed by atoms with Crippen LogP contribution in [0.2, 0.25) is 0 Å². The van der Waals surface area contributed by atoms with E-state index in [1.165, 1.54) is 0 Å². The van der Waals surface area contributed by atoms with E-state index in [4.69, 9.17) is 10.2 Å². The van der Waals surface area contributed by atoms with Crippen molar-refractivity contribution >= 4 is 22.6 Å². The monoisotopic (exact) mass is 313 g/mol. The molecule has 1 aliphatic rings. The van der Waals surface area contributed by atoms with Gasteiger partial charge in [-0.2, -0.15) is 5.26 Å². The molecule has 0 atom stereocenters. The number of nitriles is 1. The molecule has 0 bridgehead atoms. The van der Waals surface area contributed by atoms with E-state index in [-0.39, 0.29) is 5.56 Å². The zero-order valence-electron chi connectivity index (χ0n) is 13.1. The SMILES string of the molecule is N#Cc1ccc2c(=O)n3c(nc2c1)C(=Cc1ccccc1)CCC3. The smallest absolute Gasteiger partial charge is 0.261 e. The molecule has 3 aromatic rings. The Labute approximate surface area is 139 Å². The predicted molar refractivity (Wildman–Crippen MR) is 94.3 cm³/mol. The molecule has 0 fully saturated rings. The molecule has 4 heteroatoms. The molecule has 0 spiro atoms. The van der Waals surface area contributed by atoms with Crippen molar-refractivity contribution in [3.05, 3.63) is 75.8 Å². The number of hydrogen-bond donors (Lipinski definition) is 0. The van der Waals surface area contributed by atoms with Crippen molar-refractivity contribution in [3.63, 3.8) is 0 Å². The highest BCUT2D eigenvalue weighted by molar-refractivity contribution is 5.84. The Hall–Kier alpha value is -3.19. The number of fused-ring (bicyclic) bond motifs is 2. The largest absolute Gasteiger partial charge is 0.292 e. The van der Waals surface area contributed by atoms with E-state index in [1.54, 1.807) is 22.8 Å². The Morgan fingerprint density at radius 1 is 1.17 bits per heavy atom. The number of hydrogen-bond acceptors (Lipinski definition) is 3. The van der Waals surface area contributed by atoms with Gasteiger partial charge in [-0.25, -0.2) is 4.98 Å².